The van der Waals surface area contributed by atoms with Crippen LogP contribution in [0.3, 0.4) is 0 Å². The van der Waals surface area contributed by atoms with Crippen molar-refractivity contribution < 1.29 is 14.3 Å². The molecular formula is C12H16ClNO3. The van der Waals surface area contributed by atoms with Gasteiger partial charge in [0.2, 0.25) is 5.91 Å². The van der Waals surface area contributed by atoms with E-state index in [0.717, 1.165) is 0 Å². The smallest absolute Gasteiger partial charge is 0.239 e. The van der Waals surface area contributed by atoms with Gasteiger partial charge in [0.05, 0.1) is 13.2 Å². The van der Waals surface area contributed by atoms with Crippen molar-refractivity contribution in [3.63, 3.8) is 0 Å². The van der Waals surface area contributed by atoms with Gasteiger partial charge in [-0.1, -0.05) is 0 Å². The van der Waals surface area contributed by atoms with Crippen molar-refractivity contribution in [3.8, 4) is 11.5 Å². The molecule has 0 fully saturated rings. The average molecular weight is 258 g/mol. The Labute approximate surface area is 106 Å². The zero-order chi connectivity index (χ0) is 12.8. The highest BCUT2D eigenvalue weighted by Gasteiger charge is 2.08. The summed E-state index contributed by atoms with van der Waals surface area (Å²) in [4.78, 5) is 11.1. The molecule has 0 aliphatic carbocycles. The minimum atomic E-state index is -0.258. The summed E-state index contributed by atoms with van der Waals surface area (Å²) in [7, 11) is 1.55. The van der Waals surface area contributed by atoms with Gasteiger partial charge >= 0.3 is 0 Å². The van der Waals surface area contributed by atoms with Gasteiger partial charge in [0.1, 0.15) is 5.88 Å². The Kier molecular flexibility index (Phi) is 5.10. The summed E-state index contributed by atoms with van der Waals surface area (Å²) in [6, 6.07) is 5.19. The molecule has 0 unspecified atom stereocenters. The second-order valence-corrected chi connectivity index (χ2v) is 3.98. The summed E-state index contributed by atoms with van der Waals surface area (Å²) in [5.74, 6) is 0.885. The molecule has 0 saturated heterocycles. The Morgan fingerprint density at radius 2 is 2.12 bits per heavy atom. The fourth-order valence-corrected chi connectivity index (χ4v) is 1.36. The molecule has 1 rings (SSSR count). The number of hydrogen-bond donors (Lipinski definition) is 1. The highest BCUT2D eigenvalue weighted by molar-refractivity contribution is 6.29. The maximum absolute atomic E-state index is 11.1. The van der Waals surface area contributed by atoms with Crippen molar-refractivity contribution in [1.82, 2.24) is 0 Å². The molecule has 0 heterocycles. The van der Waals surface area contributed by atoms with E-state index >= 15 is 0 Å². The number of nitrogens with one attached hydrogen (secondary N) is 1. The Hall–Kier alpha value is -1.42. The van der Waals surface area contributed by atoms with Crippen LogP contribution in [0.2, 0.25) is 0 Å². The topological polar surface area (TPSA) is 47.6 Å². The predicted octanol–water partition coefficient (Wildman–Crippen LogP) is 2.66. The number of anilines is 1. The minimum Gasteiger partial charge on any atom is -0.493 e. The summed E-state index contributed by atoms with van der Waals surface area (Å²) < 4.78 is 10.8. The first-order valence-corrected chi connectivity index (χ1v) is 5.80. The van der Waals surface area contributed by atoms with Gasteiger partial charge in [-0.15, -0.1) is 11.6 Å². The van der Waals surface area contributed by atoms with Crippen molar-refractivity contribution in [2.45, 2.75) is 20.0 Å². The number of methoxy groups -OCH3 is 1. The predicted molar refractivity (Wildman–Crippen MR) is 68.1 cm³/mol. The molecule has 0 aromatic heterocycles. The van der Waals surface area contributed by atoms with Gasteiger partial charge in [-0.05, 0) is 26.0 Å². The quantitative estimate of drug-likeness (QED) is 0.825. The maximum atomic E-state index is 11.1. The number of ether oxygens (including phenoxy) is 2. The van der Waals surface area contributed by atoms with E-state index in [0.29, 0.717) is 17.2 Å². The van der Waals surface area contributed by atoms with Crippen LogP contribution >= 0.6 is 11.6 Å². The molecule has 1 aromatic rings. The first-order valence-electron chi connectivity index (χ1n) is 5.27. The van der Waals surface area contributed by atoms with E-state index < -0.39 is 0 Å². The lowest BCUT2D eigenvalue weighted by Crippen LogP contribution is -2.13. The molecule has 1 amide bonds. The van der Waals surface area contributed by atoms with Gasteiger partial charge in [-0.25, -0.2) is 0 Å². The highest BCUT2D eigenvalue weighted by Crippen LogP contribution is 2.30. The number of halogens is 1. The van der Waals surface area contributed by atoms with Gasteiger partial charge in [0.25, 0.3) is 0 Å². The Morgan fingerprint density at radius 3 is 2.65 bits per heavy atom. The van der Waals surface area contributed by atoms with E-state index in [-0.39, 0.29) is 17.9 Å². The van der Waals surface area contributed by atoms with Gasteiger partial charge in [-0.2, -0.15) is 0 Å². The number of carbonyl (C=O) groups is 1. The largest absolute Gasteiger partial charge is 0.493 e. The molecule has 0 aliphatic rings. The third-order valence-corrected chi connectivity index (χ3v) is 2.17. The third kappa shape index (κ3) is 4.15. The summed E-state index contributed by atoms with van der Waals surface area (Å²) >= 11 is 5.41. The van der Waals surface area contributed by atoms with Crippen molar-refractivity contribution >= 4 is 23.2 Å². The molecule has 94 valence electrons. The lowest BCUT2D eigenvalue weighted by Gasteiger charge is -2.14. The van der Waals surface area contributed by atoms with Gasteiger partial charge < -0.3 is 14.8 Å². The summed E-state index contributed by atoms with van der Waals surface area (Å²) in [5.41, 5.74) is 0.628. The second-order valence-electron chi connectivity index (χ2n) is 3.71. The standard InChI is InChI=1S/C12H16ClNO3/c1-8(2)17-10-5-4-9(6-11(10)16-3)14-12(15)7-13/h4-6,8H,7H2,1-3H3,(H,14,15). The van der Waals surface area contributed by atoms with Crippen LogP contribution in [0.25, 0.3) is 0 Å². The summed E-state index contributed by atoms with van der Waals surface area (Å²) in [5, 5.41) is 2.64. The third-order valence-electron chi connectivity index (χ3n) is 1.93. The van der Waals surface area contributed by atoms with Crippen LogP contribution in [-0.2, 0) is 4.79 Å². The number of hydrogen-bond acceptors (Lipinski definition) is 3. The molecule has 0 aliphatic heterocycles. The van der Waals surface area contributed by atoms with E-state index in [1.807, 2.05) is 13.8 Å². The van der Waals surface area contributed by atoms with Crippen LogP contribution in [0, 0.1) is 0 Å². The SMILES string of the molecule is COc1cc(NC(=O)CCl)ccc1OC(C)C. The number of amides is 1. The van der Waals surface area contributed by atoms with Gasteiger partial charge in [0, 0.05) is 11.8 Å². The lowest BCUT2D eigenvalue weighted by atomic mass is 10.2. The molecule has 1 N–H and O–H groups in total. The second kappa shape index (κ2) is 6.35. The molecule has 1 aromatic carbocycles. The first-order chi connectivity index (χ1) is 8.06. The fraction of sp³-hybridized carbons (Fsp3) is 0.417. The number of benzene rings is 1. The molecule has 5 heteroatoms. The molecule has 0 bridgehead atoms. The van der Waals surface area contributed by atoms with Gasteiger partial charge in [-0.3, -0.25) is 4.79 Å². The molecule has 0 atom stereocenters. The Bertz CT molecular complexity index is 393. The molecule has 0 saturated carbocycles. The fourth-order valence-electron chi connectivity index (χ4n) is 1.29. The molecule has 0 spiro atoms. The van der Waals surface area contributed by atoms with E-state index in [9.17, 15) is 4.79 Å². The Balaban J connectivity index is 2.88. The van der Waals surface area contributed by atoms with Crippen LogP contribution in [0.4, 0.5) is 5.69 Å². The number of rotatable bonds is 5. The van der Waals surface area contributed by atoms with Crippen LogP contribution in [0.15, 0.2) is 18.2 Å². The van der Waals surface area contributed by atoms with Crippen LogP contribution in [0.5, 0.6) is 11.5 Å². The van der Waals surface area contributed by atoms with Crippen LogP contribution in [0.1, 0.15) is 13.8 Å². The van der Waals surface area contributed by atoms with Gasteiger partial charge in [0.15, 0.2) is 11.5 Å². The lowest BCUT2D eigenvalue weighted by molar-refractivity contribution is -0.113. The molecule has 4 nitrogen and oxygen atoms in total. The normalized spacial score (nSPS) is 10.2. The first kappa shape index (κ1) is 13.6. The molecular weight excluding hydrogens is 242 g/mol. The highest BCUT2D eigenvalue weighted by atomic mass is 35.5. The number of alkyl halides is 1. The van der Waals surface area contributed by atoms with E-state index in [1.54, 1.807) is 25.3 Å². The summed E-state index contributed by atoms with van der Waals surface area (Å²) in [6.45, 7) is 3.87. The average Bonchev–Trinajstić information content (AvgIpc) is 2.30. The molecule has 17 heavy (non-hydrogen) atoms. The van der Waals surface area contributed by atoms with Crippen molar-refractivity contribution in [1.29, 1.82) is 0 Å². The zero-order valence-electron chi connectivity index (χ0n) is 10.1. The van der Waals surface area contributed by atoms with Crippen molar-refractivity contribution in [3.05, 3.63) is 18.2 Å². The molecule has 0 radical (unpaired) electrons. The number of carbonyl (C=O) groups excluding carboxylic acids is 1. The summed E-state index contributed by atoms with van der Waals surface area (Å²) in [6.07, 6.45) is 0.0622. The monoisotopic (exact) mass is 257 g/mol. The maximum Gasteiger partial charge on any atom is 0.239 e. The van der Waals surface area contributed by atoms with E-state index in [1.165, 1.54) is 0 Å². The Morgan fingerprint density at radius 1 is 1.41 bits per heavy atom. The van der Waals surface area contributed by atoms with Crippen LogP contribution < -0.4 is 14.8 Å². The minimum absolute atomic E-state index is 0.0622. The zero-order valence-corrected chi connectivity index (χ0v) is 10.9. The van der Waals surface area contributed by atoms with E-state index in [4.69, 9.17) is 21.1 Å². The van der Waals surface area contributed by atoms with Crippen LogP contribution in [-0.4, -0.2) is 25.0 Å². The van der Waals surface area contributed by atoms with Crippen molar-refractivity contribution in [2.75, 3.05) is 18.3 Å². The van der Waals surface area contributed by atoms with Crippen molar-refractivity contribution in [2.24, 2.45) is 0 Å². The van der Waals surface area contributed by atoms with E-state index in [2.05, 4.69) is 5.32 Å².